The van der Waals surface area contributed by atoms with Gasteiger partial charge in [-0.25, -0.2) is 4.98 Å². The van der Waals surface area contributed by atoms with Crippen molar-refractivity contribution >= 4 is 22.2 Å². The molecule has 0 radical (unpaired) electrons. The number of carbonyl (C=O) groups is 1. The van der Waals surface area contributed by atoms with Crippen molar-refractivity contribution in [2.24, 2.45) is 0 Å². The number of amides is 1. The maximum Gasteiger partial charge on any atom is 0.224 e. The number of carbonyl (C=O) groups excluding carboxylic acids is 1. The maximum atomic E-state index is 12.0. The van der Waals surface area contributed by atoms with Crippen molar-refractivity contribution in [1.82, 2.24) is 19.6 Å². The fraction of sp³-hybridized carbons (Fsp3) is 0.538. The highest BCUT2D eigenvalue weighted by Crippen LogP contribution is 2.26. The Morgan fingerprint density at radius 1 is 1.53 bits per heavy atom. The molecule has 5 nitrogen and oxygen atoms in total. The molecule has 2 fully saturated rings. The molecular weight excluding hydrogens is 260 g/mol. The smallest absolute Gasteiger partial charge is 0.224 e. The summed E-state index contributed by atoms with van der Waals surface area (Å²) in [6.45, 7) is 1.84. The Labute approximate surface area is 115 Å². The molecule has 1 amide bonds. The highest BCUT2D eigenvalue weighted by atomic mass is 32.1. The monoisotopic (exact) mass is 276 g/mol. The Hall–Kier alpha value is -1.40. The molecule has 100 valence electrons. The average molecular weight is 276 g/mol. The summed E-state index contributed by atoms with van der Waals surface area (Å²) in [5.41, 5.74) is 1.08. The van der Waals surface area contributed by atoms with Gasteiger partial charge in [0.05, 0.1) is 5.69 Å². The Morgan fingerprint density at radius 3 is 3.37 bits per heavy atom. The first kappa shape index (κ1) is 11.4. The van der Waals surface area contributed by atoms with E-state index in [4.69, 9.17) is 0 Å². The Morgan fingerprint density at radius 2 is 2.47 bits per heavy atom. The summed E-state index contributed by atoms with van der Waals surface area (Å²) < 4.78 is 2.05. The van der Waals surface area contributed by atoms with Crippen molar-refractivity contribution in [1.29, 1.82) is 0 Å². The molecule has 1 N–H and O–H groups in total. The molecule has 0 bridgehead atoms. The van der Waals surface area contributed by atoms with Crippen molar-refractivity contribution in [2.75, 3.05) is 13.1 Å². The third-order valence-electron chi connectivity index (χ3n) is 4.18. The van der Waals surface area contributed by atoms with Crippen LogP contribution in [0.4, 0.5) is 0 Å². The van der Waals surface area contributed by atoms with E-state index >= 15 is 0 Å². The van der Waals surface area contributed by atoms with Crippen molar-refractivity contribution in [3.63, 3.8) is 0 Å². The Balaban J connectivity index is 1.46. The second kappa shape index (κ2) is 4.31. The van der Waals surface area contributed by atoms with Gasteiger partial charge in [-0.1, -0.05) is 0 Å². The molecule has 0 unspecified atom stereocenters. The van der Waals surface area contributed by atoms with E-state index in [1.807, 2.05) is 16.0 Å². The first-order valence-corrected chi connectivity index (χ1v) is 7.63. The predicted molar refractivity (Wildman–Crippen MR) is 73.3 cm³/mol. The van der Waals surface area contributed by atoms with E-state index in [0.29, 0.717) is 24.4 Å². The number of imidazole rings is 1. The van der Waals surface area contributed by atoms with Gasteiger partial charge >= 0.3 is 0 Å². The van der Waals surface area contributed by atoms with Crippen molar-refractivity contribution < 1.29 is 4.79 Å². The second-order valence-electron chi connectivity index (χ2n) is 5.28. The predicted octanol–water partition coefficient (Wildman–Crippen LogP) is 0.901. The number of rotatable bonds is 3. The Bertz CT molecular complexity index is 590. The van der Waals surface area contributed by atoms with Gasteiger partial charge in [-0.3, -0.25) is 9.20 Å². The van der Waals surface area contributed by atoms with E-state index in [1.165, 1.54) is 0 Å². The largest absolute Gasteiger partial charge is 0.338 e. The lowest BCUT2D eigenvalue weighted by atomic mass is 10.1. The van der Waals surface area contributed by atoms with Gasteiger partial charge in [0.2, 0.25) is 5.91 Å². The van der Waals surface area contributed by atoms with Crippen LogP contribution in [0.25, 0.3) is 4.96 Å². The van der Waals surface area contributed by atoms with Gasteiger partial charge in [0.15, 0.2) is 4.96 Å². The lowest BCUT2D eigenvalue weighted by Crippen LogP contribution is -2.37. The molecule has 4 heterocycles. The van der Waals surface area contributed by atoms with E-state index < -0.39 is 0 Å². The second-order valence-corrected chi connectivity index (χ2v) is 6.16. The third kappa shape index (κ3) is 1.86. The molecule has 0 aliphatic carbocycles. The minimum Gasteiger partial charge on any atom is -0.338 e. The van der Waals surface area contributed by atoms with Crippen LogP contribution in [0.15, 0.2) is 17.8 Å². The highest BCUT2D eigenvalue weighted by molar-refractivity contribution is 7.15. The molecule has 2 atom stereocenters. The lowest BCUT2D eigenvalue weighted by Gasteiger charge is -2.22. The standard InChI is InChI=1S/C13H16N4OS/c18-12-7-10-11(1-3-14-10)17(12)4-2-9-8-16-5-6-19-13(16)15-9/h5-6,8,10-11,14H,1-4,7H2/t10-,11-/m1/s1. The number of aromatic nitrogens is 2. The van der Waals surface area contributed by atoms with E-state index in [2.05, 4.69) is 21.4 Å². The molecule has 0 spiro atoms. The summed E-state index contributed by atoms with van der Waals surface area (Å²) in [6.07, 6.45) is 6.70. The van der Waals surface area contributed by atoms with Crippen LogP contribution in [0.3, 0.4) is 0 Å². The van der Waals surface area contributed by atoms with Crippen LogP contribution < -0.4 is 5.32 Å². The van der Waals surface area contributed by atoms with Crippen LogP contribution in [0.1, 0.15) is 18.5 Å². The first-order chi connectivity index (χ1) is 9.31. The maximum absolute atomic E-state index is 12.0. The molecule has 2 aromatic heterocycles. The summed E-state index contributed by atoms with van der Waals surface area (Å²) in [5, 5.41) is 5.45. The van der Waals surface area contributed by atoms with Crippen LogP contribution in [0, 0.1) is 0 Å². The zero-order chi connectivity index (χ0) is 12.8. The average Bonchev–Trinajstić information content (AvgIpc) is 3.06. The van der Waals surface area contributed by atoms with Gasteiger partial charge in [-0.2, -0.15) is 0 Å². The summed E-state index contributed by atoms with van der Waals surface area (Å²) in [7, 11) is 0. The molecule has 2 saturated heterocycles. The number of thiazole rings is 1. The number of fused-ring (bicyclic) bond motifs is 2. The van der Waals surface area contributed by atoms with Crippen LogP contribution >= 0.6 is 11.3 Å². The topological polar surface area (TPSA) is 49.6 Å². The number of likely N-dealkylation sites (tertiary alicyclic amines) is 1. The minimum atomic E-state index is 0.295. The number of nitrogens with one attached hydrogen (secondary N) is 1. The molecule has 4 rings (SSSR count). The molecule has 2 aromatic rings. The van der Waals surface area contributed by atoms with Gasteiger partial charge in [-0.15, -0.1) is 11.3 Å². The van der Waals surface area contributed by atoms with Gasteiger partial charge in [0.1, 0.15) is 0 Å². The highest BCUT2D eigenvalue weighted by Gasteiger charge is 2.41. The van der Waals surface area contributed by atoms with E-state index in [-0.39, 0.29) is 0 Å². The van der Waals surface area contributed by atoms with Crippen LogP contribution in [-0.4, -0.2) is 45.4 Å². The molecule has 6 heteroatoms. The summed E-state index contributed by atoms with van der Waals surface area (Å²) in [6, 6.07) is 0.800. The van der Waals surface area contributed by atoms with Crippen LogP contribution in [-0.2, 0) is 11.2 Å². The molecule has 2 aliphatic rings. The summed E-state index contributed by atoms with van der Waals surface area (Å²) in [4.78, 5) is 19.7. The molecular formula is C13H16N4OS. The number of hydrogen-bond acceptors (Lipinski definition) is 4. The third-order valence-corrected chi connectivity index (χ3v) is 4.95. The molecule has 0 saturated carbocycles. The van der Waals surface area contributed by atoms with Gasteiger partial charge < -0.3 is 10.2 Å². The fourth-order valence-electron chi connectivity index (χ4n) is 3.25. The van der Waals surface area contributed by atoms with E-state index in [9.17, 15) is 4.79 Å². The lowest BCUT2D eigenvalue weighted by molar-refractivity contribution is -0.129. The minimum absolute atomic E-state index is 0.295. The first-order valence-electron chi connectivity index (χ1n) is 6.75. The SMILES string of the molecule is O=C1C[C@H]2NCC[C@H]2N1CCc1cn2ccsc2n1. The van der Waals surface area contributed by atoms with Crippen LogP contribution in [0.2, 0.25) is 0 Å². The van der Waals surface area contributed by atoms with Crippen molar-refractivity contribution in [2.45, 2.75) is 31.3 Å². The fourth-order valence-corrected chi connectivity index (χ4v) is 3.97. The zero-order valence-corrected chi connectivity index (χ0v) is 11.4. The van der Waals surface area contributed by atoms with E-state index in [0.717, 1.165) is 36.6 Å². The van der Waals surface area contributed by atoms with Crippen LogP contribution in [0.5, 0.6) is 0 Å². The van der Waals surface area contributed by atoms with Crippen molar-refractivity contribution in [3.8, 4) is 0 Å². The molecule has 2 aliphatic heterocycles. The quantitative estimate of drug-likeness (QED) is 0.906. The van der Waals surface area contributed by atoms with E-state index in [1.54, 1.807) is 11.3 Å². The summed E-state index contributed by atoms with van der Waals surface area (Å²) >= 11 is 1.64. The van der Waals surface area contributed by atoms with Gasteiger partial charge in [-0.05, 0) is 13.0 Å². The zero-order valence-electron chi connectivity index (χ0n) is 10.6. The van der Waals surface area contributed by atoms with Crippen molar-refractivity contribution in [3.05, 3.63) is 23.5 Å². The number of hydrogen-bond donors (Lipinski definition) is 1. The van der Waals surface area contributed by atoms with Gasteiger partial charge in [0, 0.05) is 49.2 Å². The molecule has 19 heavy (non-hydrogen) atoms. The van der Waals surface area contributed by atoms with Gasteiger partial charge in [0.25, 0.3) is 0 Å². The Kier molecular flexibility index (Phi) is 2.60. The molecule has 0 aromatic carbocycles. The normalized spacial score (nSPS) is 26.5. The summed E-state index contributed by atoms with van der Waals surface area (Å²) in [5.74, 6) is 0.295. The number of nitrogens with zero attached hydrogens (tertiary/aromatic N) is 3.